The van der Waals surface area contributed by atoms with E-state index >= 15 is 0 Å². The van der Waals surface area contributed by atoms with Crippen LogP contribution in [0.5, 0.6) is 0 Å². The summed E-state index contributed by atoms with van der Waals surface area (Å²) >= 11 is 0. The van der Waals surface area contributed by atoms with Crippen LogP contribution in [0.15, 0.2) is 65.8 Å². The number of nitrogens with zero attached hydrogens (tertiary/aromatic N) is 2. The lowest BCUT2D eigenvalue weighted by atomic mass is 9.87. The van der Waals surface area contributed by atoms with Gasteiger partial charge in [-0.2, -0.15) is 13.2 Å². The Labute approximate surface area is 183 Å². The van der Waals surface area contributed by atoms with Crippen LogP contribution in [-0.2, 0) is 11.0 Å². The molecule has 2 heterocycles. The van der Waals surface area contributed by atoms with Gasteiger partial charge in [-0.05, 0) is 60.7 Å². The molecule has 0 bridgehead atoms. The van der Waals surface area contributed by atoms with Gasteiger partial charge in [-0.1, -0.05) is 30.3 Å². The molecule has 0 radical (unpaired) electrons. The Morgan fingerprint density at radius 3 is 2.44 bits per heavy atom. The van der Waals surface area contributed by atoms with Gasteiger partial charge in [0.25, 0.3) is 0 Å². The number of hydrogen-bond acceptors (Lipinski definition) is 3. The molecule has 1 aromatic heterocycles. The maximum absolute atomic E-state index is 13.4. The fourth-order valence-electron chi connectivity index (χ4n) is 4.05. The first-order valence-corrected chi connectivity index (χ1v) is 10.4. The number of halogens is 3. The average molecular weight is 435 g/mol. The molecular formula is C25H20F3N3O. The fraction of sp³-hybridized carbons (Fsp3) is 0.240. The third kappa shape index (κ3) is 3.79. The van der Waals surface area contributed by atoms with Gasteiger partial charge < -0.3 is 5.32 Å². The fourth-order valence-corrected chi connectivity index (χ4v) is 4.05. The van der Waals surface area contributed by atoms with Crippen molar-refractivity contribution >= 4 is 23.0 Å². The van der Waals surface area contributed by atoms with Gasteiger partial charge in [0.1, 0.15) is 5.92 Å². The molecule has 2 aliphatic rings. The van der Waals surface area contributed by atoms with Gasteiger partial charge in [-0.25, -0.2) is 4.99 Å². The lowest BCUT2D eigenvalue weighted by Gasteiger charge is -2.19. The standard InChI is InChI=1S/C25H20F3N3O/c1-14-11-20(15-7-8-15)29-13-18(14)22-23(16-5-3-2-4-6-16)30-19-10-9-17(25(26,27)28)12-21(19)31-24(22)32/h2-6,9-13,15,22H,7-8H2,1H3,(H,31,32). The van der Waals surface area contributed by atoms with Gasteiger partial charge in [-0.15, -0.1) is 0 Å². The first-order chi connectivity index (χ1) is 15.3. The minimum absolute atomic E-state index is 0.0426. The molecule has 5 rings (SSSR count). The number of anilines is 1. The molecule has 1 aliphatic carbocycles. The second kappa shape index (κ2) is 7.58. The third-order valence-corrected chi connectivity index (χ3v) is 5.91. The van der Waals surface area contributed by atoms with E-state index in [2.05, 4.69) is 15.3 Å². The van der Waals surface area contributed by atoms with E-state index in [0.29, 0.717) is 17.2 Å². The Morgan fingerprint density at radius 2 is 1.78 bits per heavy atom. The molecule has 3 aromatic rings. The number of fused-ring (bicyclic) bond motifs is 1. The summed E-state index contributed by atoms with van der Waals surface area (Å²) in [6.45, 7) is 1.93. The highest BCUT2D eigenvalue weighted by atomic mass is 19.4. The van der Waals surface area contributed by atoms with E-state index in [9.17, 15) is 18.0 Å². The van der Waals surface area contributed by atoms with Crippen LogP contribution in [0.25, 0.3) is 0 Å². The second-order valence-corrected chi connectivity index (χ2v) is 8.26. The van der Waals surface area contributed by atoms with Crippen LogP contribution in [0.1, 0.15) is 52.6 Å². The molecule has 7 heteroatoms. The zero-order valence-electron chi connectivity index (χ0n) is 17.3. The topological polar surface area (TPSA) is 54.4 Å². The Balaban J connectivity index is 1.66. The van der Waals surface area contributed by atoms with Gasteiger partial charge in [0.15, 0.2) is 0 Å². The highest BCUT2D eigenvalue weighted by Crippen LogP contribution is 2.41. The van der Waals surface area contributed by atoms with E-state index in [1.165, 1.54) is 6.07 Å². The minimum atomic E-state index is -4.52. The number of carbonyl (C=O) groups excluding carboxylic acids is 1. The highest BCUT2D eigenvalue weighted by molar-refractivity contribution is 6.22. The number of pyridine rings is 1. The number of alkyl halides is 3. The van der Waals surface area contributed by atoms with Crippen molar-refractivity contribution in [2.45, 2.75) is 37.8 Å². The summed E-state index contributed by atoms with van der Waals surface area (Å²) in [6, 6.07) is 14.4. The third-order valence-electron chi connectivity index (χ3n) is 5.91. The van der Waals surface area contributed by atoms with Crippen molar-refractivity contribution in [3.05, 3.63) is 88.7 Å². The number of rotatable bonds is 3. The molecule has 1 unspecified atom stereocenters. The van der Waals surface area contributed by atoms with Gasteiger partial charge >= 0.3 is 6.18 Å². The summed E-state index contributed by atoms with van der Waals surface area (Å²) in [7, 11) is 0. The lowest BCUT2D eigenvalue weighted by Crippen LogP contribution is -2.28. The van der Waals surface area contributed by atoms with Crippen molar-refractivity contribution in [1.29, 1.82) is 0 Å². The van der Waals surface area contributed by atoms with E-state index in [0.717, 1.165) is 41.8 Å². The predicted molar refractivity (Wildman–Crippen MR) is 116 cm³/mol. The Bertz CT molecular complexity index is 1230. The zero-order valence-corrected chi connectivity index (χ0v) is 17.3. The second-order valence-electron chi connectivity index (χ2n) is 8.26. The SMILES string of the molecule is Cc1cc(C2CC2)ncc1C1C(=O)Nc2cc(C(F)(F)F)ccc2N=C1c1ccccc1. The molecule has 1 fully saturated rings. The van der Waals surface area contributed by atoms with Gasteiger partial charge in [-0.3, -0.25) is 9.78 Å². The van der Waals surface area contributed by atoms with E-state index in [1.54, 1.807) is 6.20 Å². The highest BCUT2D eigenvalue weighted by Gasteiger charge is 2.35. The van der Waals surface area contributed by atoms with Crippen LogP contribution in [0, 0.1) is 6.92 Å². The van der Waals surface area contributed by atoms with E-state index in [1.807, 2.05) is 43.3 Å². The quantitative estimate of drug-likeness (QED) is 0.537. The maximum Gasteiger partial charge on any atom is 0.416 e. The molecular weight excluding hydrogens is 415 g/mol. The Morgan fingerprint density at radius 1 is 1.03 bits per heavy atom. The van der Waals surface area contributed by atoms with Crippen LogP contribution >= 0.6 is 0 Å². The Kier molecular flexibility index (Phi) is 4.84. The number of aliphatic imine (C=N–C) groups is 1. The van der Waals surface area contributed by atoms with Gasteiger partial charge in [0.05, 0.1) is 22.6 Å². The monoisotopic (exact) mass is 435 g/mol. The minimum Gasteiger partial charge on any atom is -0.323 e. The molecule has 0 spiro atoms. The molecule has 1 saturated carbocycles. The van der Waals surface area contributed by atoms with Crippen LogP contribution in [0.3, 0.4) is 0 Å². The first-order valence-electron chi connectivity index (χ1n) is 10.4. The van der Waals surface area contributed by atoms with Crippen LogP contribution < -0.4 is 5.32 Å². The number of amides is 1. The van der Waals surface area contributed by atoms with Crippen molar-refractivity contribution in [3.63, 3.8) is 0 Å². The van der Waals surface area contributed by atoms with Crippen molar-refractivity contribution in [2.24, 2.45) is 4.99 Å². The molecule has 0 saturated heterocycles. The molecule has 1 N–H and O–H groups in total. The largest absolute Gasteiger partial charge is 0.416 e. The average Bonchev–Trinajstić information content (AvgIpc) is 3.61. The molecule has 4 nitrogen and oxygen atoms in total. The summed E-state index contributed by atoms with van der Waals surface area (Å²) in [4.78, 5) is 22.7. The number of benzene rings is 2. The summed E-state index contributed by atoms with van der Waals surface area (Å²) in [5, 5.41) is 2.68. The van der Waals surface area contributed by atoms with Crippen molar-refractivity contribution < 1.29 is 18.0 Å². The number of carbonyl (C=O) groups is 1. The normalized spacial score (nSPS) is 18.4. The summed E-state index contributed by atoms with van der Waals surface area (Å²) in [5.74, 6) is -0.771. The molecule has 32 heavy (non-hydrogen) atoms. The molecule has 1 amide bonds. The molecule has 162 valence electrons. The predicted octanol–water partition coefficient (Wildman–Crippen LogP) is 6.14. The molecule has 1 aliphatic heterocycles. The van der Waals surface area contributed by atoms with Crippen molar-refractivity contribution in [3.8, 4) is 0 Å². The van der Waals surface area contributed by atoms with E-state index < -0.39 is 23.6 Å². The number of aromatic nitrogens is 1. The number of hydrogen-bond donors (Lipinski definition) is 1. The molecule has 2 aromatic carbocycles. The maximum atomic E-state index is 13.4. The van der Waals surface area contributed by atoms with Crippen LogP contribution in [0.4, 0.5) is 24.5 Å². The van der Waals surface area contributed by atoms with E-state index in [4.69, 9.17) is 0 Å². The van der Waals surface area contributed by atoms with E-state index in [-0.39, 0.29) is 11.4 Å². The van der Waals surface area contributed by atoms with Crippen molar-refractivity contribution in [2.75, 3.05) is 5.32 Å². The first kappa shape index (κ1) is 20.4. The number of aryl methyl sites for hydroxylation is 1. The summed E-state index contributed by atoms with van der Waals surface area (Å²) < 4.78 is 39.7. The summed E-state index contributed by atoms with van der Waals surface area (Å²) in [6.07, 6.45) is -0.577. The lowest BCUT2D eigenvalue weighted by molar-refractivity contribution is -0.137. The zero-order chi connectivity index (χ0) is 22.5. The van der Waals surface area contributed by atoms with Crippen LogP contribution in [-0.4, -0.2) is 16.6 Å². The van der Waals surface area contributed by atoms with Gasteiger partial charge in [0, 0.05) is 17.8 Å². The van der Waals surface area contributed by atoms with Gasteiger partial charge in [0.2, 0.25) is 5.91 Å². The molecule has 1 atom stereocenters. The smallest absolute Gasteiger partial charge is 0.323 e. The number of nitrogens with one attached hydrogen (secondary N) is 1. The Hall–Kier alpha value is -3.48. The van der Waals surface area contributed by atoms with Crippen molar-refractivity contribution in [1.82, 2.24) is 4.98 Å². The van der Waals surface area contributed by atoms with Crippen LogP contribution in [0.2, 0.25) is 0 Å². The summed E-state index contributed by atoms with van der Waals surface area (Å²) in [5.41, 5.74) is 3.31.